The van der Waals surface area contributed by atoms with Crippen LogP contribution in [0.2, 0.25) is 0 Å². The van der Waals surface area contributed by atoms with Crippen LogP contribution in [0.3, 0.4) is 0 Å². The molecular weight excluding hydrogens is 284 g/mol. The lowest BCUT2D eigenvalue weighted by atomic mass is 10.2. The minimum atomic E-state index is -0.488. The van der Waals surface area contributed by atoms with Crippen molar-refractivity contribution in [1.29, 1.82) is 0 Å². The zero-order valence-electron chi connectivity index (χ0n) is 15.0. The highest BCUT2D eigenvalue weighted by Gasteiger charge is 2.20. The summed E-state index contributed by atoms with van der Waals surface area (Å²) < 4.78 is 10.3. The summed E-state index contributed by atoms with van der Waals surface area (Å²) in [4.78, 5) is 17.7. The summed E-state index contributed by atoms with van der Waals surface area (Å²) in [6, 6.07) is 0.105. The molecule has 0 saturated carbocycles. The molecule has 0 aromatic heterocycles. The van der Waals surface area contributed by atoms with Crippen molar-refractivity contribution < 1.29 is 14.3 Å². The number of nitrogens with one attached hydrogen (secondary N) is 1. The van der Waals surface area contributed by atoms with E-state index in [1.165, 1.54) is 0 Å². The molecule has 0 saturated heterocycles. The van der Waals surface area contributed by atoms with Crippen molar-refractivity contribution in [2.45, 2.75) is 46.3 Å². The average Bonchev–Trinajstić information content (AvgIpc) is 2.34. The van der Waals surface area contributed by atoms with Gasteiger partial charge in [0, 0.05) is 33.3 Å². The summed E-state index contributed by atoms with van der Waals surface area (Å²) >= 11 is 0. The van der Waals surface area contributed by atoms with E-state index >= 15 is 0 Å². The maximum atomic E-state index is 11.9. The smallest absolute Gasteiger partial charge is 0.410 e. The Morgan fingerprint density at radius 1 is 1.36 bits per heavy atom. The van der Waals surface area contributed by atoms with Crippen LogP contribution < -0.4 is 11.1 Å². The van der Waals surface area contributed by atoms with Gasteiger partial charge < -0.3 is 25.4 Å². The fourth-order valence-corrected chi connectivity index (χ4v) is 1.78. The topological polar surface area (TPSA) is 89.2 Å². The van der Waals surface area contributed by atoms with Crippen molar-refractivity contribution in [1.82, 2.24) is 10.2 Å². The van der Waals surface area contributed by atoms with Gasteiger partial charge in [-0.05, 0) is 33.6 Å². The van der Waals surface area contributed by atoms with Crippen molar-refractivity contribution in [2.75, 3.05) is 33.9 Å². The third-order valence-corrected chi connectivity index (χ3v) is 2.67. The van der Waals surface area contributed by atoms with E-state index in [0.717, 1.165) is 0 Å². The van der Waals surface area contributed by atoms with E-state index < -0.39 is 5.60 Å². The minimum absolute atomic E-state index is 0.105. The van der Waals surface area contributed by atoms with Crippen molar-refractivity contribution in [3.8, 4) is 0 Å². The quantitative estimate of drug-likeness (QED) is 0.548. The number of hydrogen-bond acceptors (Lipinski definition) is 4. The maximum Gasteiger partial charge on any atom is 0.410 e. The number of ether oxygens (including phenoxy) is 2. The molecule has 0 radical (unpaired) electrons. The molecule has 0 heterocycles. The molecule has 0 rings (SSSR count). The van der Waals surface area contributed by atoms with E-state index in [2.05, 4.69) is 10.3 Å². The van der Waals surface area contributed by atoms with E-state index in [1.54, 1.807) is 19.1 Å². The Kier molecular flexibility index (Phi) is 8.86. The maximum absolute atomic E-state index is 11.9. The second kappa shape index (κ2) is 9.50. The molecule has 1 amide bonds. The lowest BCUT2D eigenvalue weighted by molar-refractivity contribution is 0.0279. The first-order valence-corrected chi connectivity index (χ1v) is 7.54. The van der Waals surface area contributed by atoms with Gasteiger partial charge in [0.15, 0.2) is 5.96 Å². The Hall–Kier alpha value is -1.50. The summed E-state index contributed by atoms with van der Waals surface area (Å²) in [6.07, 6.45) is -0.330. The molecule has 7 heteroatoms. The number of nitrogens with two attached hydrogens (primary N) is 1. The van der Waals surface area contributed by atoms with Crippen LogP contribution in [-0.4, -0.2) is 62.4 Å². The highest BCUT2D eigenvalue weighted by atomic mass is 16.6. The molecular formula is C15H32N4O3. The minimum Gasteiger partial charge on any atom is -0.444 e. The monoisotopic (exact) mass is 316 g/mol. The highest BCUT2D eigenvalue weighted by Crippen LogP contribution is 2.10. The van der Waals surface area contributed by atoms with Gasteiger partial charge in [-0.25, -0.2) is 4.79 Å². The number of amides is 1. The molecule has 2 unspecified atom stereocenters. The first-order valence-electron chi connectivity index (χ1n) is 7.54. The Morgan fingerprint density at radius 2 is 1.95 bits per heavy atom. The Bertz CT molecular complexity index is 366. The molecule has 0 aliphatic rings. The molecule has 0 aliphatic heterocycles. The number of carbonyl (C=O) groups excluding carboxylic acids is 1. The number of nitrogens with zero attached hydrogens (tertiary/aromatic N) is 2. The van der Waals surface area contributed by atoms with Crippen molar-refractivity contribution >= 4 is 12.1 Å². The predicted octanol–water partition coefficient (Wildman–Crippen LogP) is 1.43. The Labute approximate surface area is 134 Å². The third kappa shape index (κ3) is 10.3. The number of methoxy groups -OCH3 is 1. The average molecular weight is 316 g/mol. The van der Waals surface area contributed by atoms with Crippen LogP contribution in [0, 0.1) is 5.92 Å². The van der Waals surface area contributed by atoms with Crippen molar-refractivity contribution in [3.63, 3.8) is 0 Å². The fraction of sp³-hybridized carbons (Fsp3) is 0.867. The van der Waals surface area contributed by atoms with Gasteiger partial charge in [-0.3, -0.25) is 4.99 Å². The molecule has 0 aliphatic carbocycles. The van der Waals surface area contributed by atoms with Crippen molar-refractivity contribution in [2.24, 2.45) is 16.6 Å². The van der Waals surface area contributed by atoms with Gasteiger partial charge in [0.05, 0.1) is 6.61 Å². The SMILES string of the molecule is COCC(C)NC(N)=NCC(C)CN(C)C(=O)OC(C)(C)C. The van der Waals surface area contributed by atoms with Gasteiger partial charge in [0.25, 0.3) is 0 Å². The zero-order chi connectivity index (χ0) is 17.3. The summed E-state index contributed by atoms with van der Waals surface area (Å²) in [7, 11) is 3.36. The highest BCUT2D eigenvalue weighted by molar-refractivity contribution is 5.78. The van der Waals surface area contributed by atoms with Crippen LogP contribution in [0.15, 0.2) is 4.99 Å². The Morgan fingerprint density at radius 3 is 2.45 bits per heavy atom. The van der Waals surface area contributed by atoms with Crippen molar-refractivity contribution in [3.05, 3.63) is 0 Å². The van der Waals surface area contributed by atoms with E-state index in [4.69, 9.17) is 15.2 Å². The lowest BCUT2D eigenvalue weighted by Gasteiger charge is -2.26. The van der Waals surface area contributed by atoms with Gasteiger partial charge in [0.2, 0.25) is 0 Å². The molecule has 0 aromatic carbocycles. The Balaban J connectivity index is 4.21. The molecule has 0 fully saturated rings. The van der Waals surface area contributed by atoms with Crippen LogP contribution in [0.4, 0.5) is 4.79 Å². The lowest BCUT2D eigenvalue weighted by Crippen LogP contribution is -2.41. The second-order valence-corrected chi connectivity index (χ2v) is 6.69. The molecule has 2 atom stereocenters. The molecule has 0 aromatic rings. The van der Waals surface area contributed by atoms with Crippen LogP contribution in [0.5, 0.6) is 0 Å². The number of aliphatic imine (C=N–C) groups is 1. The van der Waals surface area contributed by atoms with Crippen LogP contribution >= 0.6 is 0 Å². The third-order valence-electron chi connectivity index (χ3n) is 2.67. The number of carbonyl (C=O) groups is 1. The second-order valence-electron chi connectivity index (χ2n) is 6.69. The number of rotatable bonds is 7. The van der Waals surface area contributed by atoms with E-state index in [-0.39, 0.29) is 18.1 Å². The van der Waals surface area contributed by atoms with Gasteiger partial charge in [-0.15, -0.1) is 0 Å². The summed E-state index contributed by atoms with van der Waals surface area (Å²) in [5, 5.41) is 3.04. The molecule has 130 valence electrons. The predicted molar refractivity (Wildman–Crippen MR) is 89.0 cm³/mol. The first kappa shape index (κ1) is 20.5. The standard InChI is InChI=1S/C15H32N4O3/c1-11(8-17-13(16)18-12(2)10-21-7)9-19(6)14(20)22-15(3,4)5/h11-12H,8-10H2,1-7H3,(H3,16,17,18). The van der Waals surface area contributed by atoms with Crippen LogP contribution in [0.25, 0.3) is 0 Å². The summed E-state index contributed by atoms with van der Waals surface area (Å²) in [6.45, 7) is 11.2. The number of guanidine groups is 1. The summed E-state index contributed by atoms with van der Waals surface area (Å²) in [5.41, 5.74) is 5.32. The largest absolute Gasteiger partial charge is 0.444 e. The van der Waals surface area contributed by atoms with Gasteiger partial charge in [-0.1, -0.05) is 6.92 Å². The molecule has 22 heavy (non-hydrogen) atoms. The van der Waals surface area contributed by atoms with E-state index in [9.17, 15) is 4.79 Å². The van der Waals surface area contributed by atoms with E-state index in [0.29, 0.717) is 25.7 Å². The molecule has 7 nitrogen and oxygen atoms in total. The normalized spacial score (nSPS) is 15.1. The zero-order valence-corrected chi connectivity index (χ0v) is 15.0. The van der Waals surface area contributed by atoms with Gasteiger partial charge in [0.1, 0.15) is 5.60 Å². The van der Waals surface area contributed by atoms with Crippen LogP contribution in [-0.2, 0) is 9.47 Å². The molecule has 0 bridgehead atoms. The first-order chi connectivity index (χ1) is 10.0. The van der Waals surface area contributed by atoms with E-state index in [1.807, 2.05) is 34.6 Å². The number of hydrogen-bond donors (Lipinski definition) is 2. The molecule has 3 N–H and O–H groups in total. The fourth-order valence-electron chi connectivity index (χ4n) is 1.78. The van der Waals surface area contributed by atoms with Crippen LogP contribution in [0.1, 0.15) is 34.6 Å². The van der Waals surface area contributed by atoms with Gasteiger partial charge in [-0.2, -0.15) is 0 Å². The summed E-state index contributed by atoms with van der Waals surface area (Å²) in [5.74, 6) is 0.562. The molecule has 0 spiro atoms. The van der Waals surface area contributed by atoms with Gasteiger partial charge >= 0.3 is 6.09 Å².